The van der Waals surface area contributed by atoms with Crippen molar-refractivity contribution < 1.29 is 19.7 Å². The third kappa shape index (κ3) is 2.29. The van der Waals surface area contributed by atoms with Crippen LogP contribution in [0.5, 0.6) is 0 Å². The Labute approximate surface area is 110 Å². The van der Waals surface area contributed by atoms with Crippen molar-refractivity contribution in [2.24, 2.45) is 0 Å². The highest BCUT2D eigenvalue weighted by molar-refractivity contribution is 5.92. The number of carbonyl (C=O) groups is 1. The first-order valence-electron chi connectivity index (χ1n) is 5.10. The van der Waals surface area contributed by atoms with Gasteiger partial charge >= 0.3 is 11.8 Å². The zero-order chi connectivity index (χ0) is 14.9. The molecule has 2 aromatic rings. The molecule has 0 saturated carbocycles. The van der Waals surface area contributed by atoms with Crippen LogP contribution in [0.3, 0.4) is 0 Å². The highest BCUT2D eigenvalue weighted by atomic mass is 16.6. The van der Waals surface area contributed by atoms with Gasteiger partial charge in [-0.3, -0.25) is 14.7 Å². The Morgan fingerprint density at radius 3 is 2.45 bits per heavy atom. The summed E-state index contributed by atoms with van der Waals surface area (Å²) in [4.78, 5) is 34.3. The smallest absolute Gasteiger partial charge is 0.381 e. The van der Waals surface area contributed by atoms with Crippen molar-refractivity contribution in [2.75, 3.05) is 0 Å². The summed E-state index contributed by atoms with van der Waals surface area (Å²) in [6.45, 7) is 0. The first-order valence-corrected chi connectivity index (χ1v) is 5.10. The lowest BCUT2D eigenvalue weighted by Gasteiger charge is -2.04. The molecule has 1 heterocycles. The van der Waals surface area contributed by atoms with Crippen LogP contribution < -0.4 is 0 Å². The summed E-state index contributed by atoms with van der Waals surface area (Å²) in [5.74, 6) is -1.85. The van der Waals surface area contributed by atoms with Crippen molar-refractivity contribution in [2.45, 2.75) is 0 Å². The fourth-order valence-corrected chi connectivity index (χ4v) is 1.57. The lowest BCUT2D eigenvalue weighted by atomic mass is 10.1. The number of carboxylic acids is 1. The Kier molecular flexibility index (Phi) is 3.13. The number of carboxylic acid groups (broad SMARTS) is 1. The van der Waals surface area contributed by atoms with Crippen LogP contribution in [0.2, 0.25) is 0 Å². The number of rotatable bonds is 4. The third-order valence-corrected chi connectivity index (χ3v) is 2.46. The summed E-state index contributed by atoms with van der Waals surface area (Å²) in [6, 6.07) is 3.17. The molecule has 0 unspecified atom stereocenters. The number of imidazole rings is 1. The molecular weight excluding hydrogens is 272 g/mol. The van der Waals surface area contributed by atoms with Gasteiger partial charge in [0.1, 0.15) is 6.20 Å². The summed E-state index contributed by atoms with van der Waals surface area (Å²) in [7, 11) is 0. The molecule has 2 rings (SSSR count). The molecule has 0 bridgehead atoms. The van der Waals surface area contributed by atoms with E-state index in [2.05, 4.69) is 4.98 Å². The monoisotopic (exact) mass is 278 g/mol. The van der Waals surface area contributed by atoms with Gasteiger partial charge in [0.15, 0.2) is 0 Å². The van der Waals surface area contributed by atoms with Crippen molar-refractivity contribution in [1.82, 2.24) is 9.55 Å². The molecule has 1 aromatic heterocycles. The van der Waals surface area contributed by atoms with Crippen molar-refractivity contribution in [3.8, 4) is 5.69 Å². The molecule has 0 aliphatic carbocycles. The fourth-order valence-electron chi connectivity index (χ4n) is 1.57. The maximum Gasteiger partial charge on any atom is 0.381 e. The van der Waals surface area contributed by atoms with Crippen LogP contribution >= 0.6 is 0 Å². The first-order chi connectivity index (χ1) is 9.40. The second-order valence-electron chi connectivity index (χ2n) is 3.66. The van der Waals surface area contributed by atoms with E-state index < -0.39 is 21.6 Å². The molecule has 0 amide bonds. The third-order valence-electron chi connectivity index (χ3n) is 2.46. The number of non-ortho nitro benzene ring substituents is 1. The highest BCUT2D eigenvalue weighted by Crippen LogP contribution is 2.22. The molecule has 1 aromatic carbocycles. The number of hydrogen-bond acceptors (Lipinski definition) is 6. The van der Waals surface area contributed by atoms with Gasteiger partial charge in [-0.15, -0.1) is 0 Å². The minimum atomic E-state index is -1.39. The molecule has 20 heavy (non-hydrogen) atoms. The van der Waals surface area contributed by atoms with E-state index in [-0.39, 0.29) is 16.9 Å². The van der Waals surface area contributed by atoms with Crippen LogP contribution in [-0.4, -0.2) is 30.5 Å². The summed E-state index contributed by atoms with van der Waals surface area (Å²) in [5, 5.41) is 30.2. The van der Waals surface area contributed by atoms with Crippen LogP contribution in [-0.2, 0) is 0 Å². The molecule has 0 saturated heterocycles. The number of benzene rings is 1. The first kappa shape index (κ1) is 13.1. The predicted molar refractivity (Wildman–Crippen MR) is 63.8 cm³/mol. The molecule has 10 heteroatoms. The van der Waals surface area contributed by atoms with Gasteiger partial charge < -0.3 is 15.2 Å². The van der Waals surface area contributed by atoms with Gasteiger partial charge in [-0.25, -0.2) is 4.79 Å². The van der Waals surface area contributed by atoms with E-state index in [1.165, 1.54) is 6.07 Å². The minimum Gasteiger partial charge on any atom is -0.478 e. The van der Waals surface area contributed by atoms with Gasteiger partial charge in [0.25, 0.3) is 5.69 Å². The molecule has 0 aliphatic heterocycles. The van der Waals surface area contributed by atoms with E-state index in [0.29, 0.717) is 0 Å². The largest absolute Gasteiger partial charge is 0.478 e. The van der Waals surface area contributed by atoms with E-state index in [0.717, 1.165) is 29.2 Å². The van der Waals surface area contributed by atoms with E-state index in [1.807, 2.05) is 0 Å². The minimum absolute atomic E-state index is 0.0451. The number of hydrogen-bond donors (Lipinski definition) is 1. The standard InChI is InChI=1S/C10H6N4O6/c15-10(16)7-3-6(13(17)18)1-2-8(7)12-4-9(11-5-12)14(19)20/h1-5H,(H,15,16). The lowest BCUT2D eigenvalue weighted by molar-refractivity contribution is -0.389. The number of nitro benzene ring substituents is 1. The fraction of sp³-hybridized carbons (Fsp3) is 0. The molecular formula is C10H6N4O6. The molecule has 0 spiro atoms. The van der Waals surface area contributed by atoms with Crippen molar-refractivity contribution in [3.05, 3.63) is 56.5 Å². The molecule has 1 N–H and O–H groups in total. The molecule has 10 nitrogen and oxygen atoms in total. The van der Waals surface area contributed by atoms with Gasteiger partial charge in [-0.1, -0.05) is 0 Å². The van der Waals surface area contributed by atoms with Crippen LogP contribution in [0.4, 0.5) is 11.5 Å². The lowest BCUT2D eigenvalue weighted by Crippen LogP contribution is -2.05. The second-order valence-corrected chi connectivity index (χ2v) is 3.66. The number of aromatic nitrogens is 2. The predicted octanol–water partition coefficient (Wildman–Crippen LogP) is 1.39. The van der Waals surface area contributed by atoms with Crippen molar-refractivity contribution >= 4 is 17.5 Å². The van der Waals surface area contributed by atoms with Crippen molar-refractivity contribution in [3.63, 3.8) is 0 Å². The Morgan fingerprint density at radius 2 is 1.95 bits per heavy atom. The summed E-state index contributed by atoms with van der Waals surface area (Å²) in [5.41, 5.74) is -0.698. The van der Waals surface area contributed by atoms with Crippen molar-refractivity contribution in [1.29, 1.82) is 0 Å². The van der Waals surface area contributed by atoms with Gasteiger partial charge in [0.05, 0.1) is 16.2 Å². The average Bonchev–Trinajstić information content (AvgIpc) is 2.87. The molecule has 0 fully saturated rings. The Hall–Kier alpha value is -3.30. The Balaban J connectivity index is 2.57. The van der Waals surface area contributed by atoms with Crippen LogP contribution in [0.25, 0.3) is 5.69 Å². The van der Waals surface area contributed by atoms with Gasteiger partial charge in [-0.2, -0.15) is 0 Å². The maximum atomic E-state index is 11.1. The Morgan fingerprint density at radius 1 is 1.25 bits per heavy atom. The average molecular weight is 278 g/mol. The van der Waals surface area contributed by atoms with Gasteiger partial charge in [-0.05, 0) is 16.0 Å². The maximum absolute atomic E-state index is 11.1. The number of nitro groups is 2. The molecule has 0 atom stereocenters. The Bertz CT molecular complexity index is 722. The zero-order valence-corrected chi connectivity index (χ0v) is 9.66. The second kappa shape index (κ2) is 4.76. The molecule has 102 valence electrons. The summed E-state index contributed by atoms with van der Waals surface area (Å²) < 4.78 is 1.12. The molecule has 0 radical (unpaired) electrons. The quantitative estimate of drug-likeness (QED) is 0.657. The number of aromatic carboxylic acids is 1. The van der Waals surface area contributed by atoms with Gasteiger partial charge in [0.2, 0.25) is 6.33 Å². The highest BCUT2D eigenvalue weighted by Gasteiger charge is 2.19. The van der Waals surface area contributed by atoms with Crippen LogP contribution in [0, 0.1) is 20.2 Å². The van der Waals surface area contributed by atoms with E-state index in [9.17, 15) is 25.0 Å². The van der Waals surface area contributed by atoms with E-state index >= 15 is 0 Å². The SMILES string of the molecule is O=C(O)c1cc([N+](=O)[O-])ccc1-n1cnc([N+](=O)[O-])c1. The number of nitrogens with zero attached hydrogens (tertiary/aromatic N) is 4. The topological polar surface area (TPSA) is 141 Å². The van der Waals surface area contributed by atoms with Gasteiger partial charge in [0, 0.05) is 12.1 Å². The van der Waals surface area contributed by atoms with E-state index in [1.54, 1.807) is 0 Å². The summed E-state index contributed by atoms with van der Waals surface area (Å²) >= 11 is 0. The van der Waals surface area contributed by atoms with Crippen LogP contribution in [0.1, 0.15) is 10.4 Å². The zero-order valence-electron chi connectivity index (χ0n) is 9.66. The van der Waals surface area contributed by atoms with E-state index in [4.69, 9.17) is 5.11 Å². The molecule has 0 aliphatic rings. The van der Waals surface area contributed by atoms with Crippen LogP contribution in [0.15, 0.2) is 30.7 Å². The normalized spacial score (nSPS) is 10.2. The summed E-state index contributed by atoms with van der Waals surface area (Å²) in [6.07, 6.45) is 2.08.